The maximum atomic E-state index is 13.1. The minimum Gasteiger partial charge on any atom is -0.495 e. The van der Waals surface area contributed by atoms with E-state index >= 15 is 0 Å². The molecule has 1 amide bonds. The molecule has 3 aromatic rings. The van der Waals surface area contributed by atoms with Crippen molar-refractivity contribution < 1.29 is 13.9 Å². The standard InChI is InChI=1S/C22H25FN4O2/c1-27(2)14-4-13-24-22(28)17-10-12-19-20(21(17)29-3)18(25-26-19)11-7-15-5-8-16(23)9-6-15/h5-12H,4,13-14H2,1-3H3,(H,24,28)(H,25,26)/b11-7+. The highest BCUT2D eigenvalue weighted by Crippen LogP contribution is 2.32. The summed E-state index contributed by atoms with van der Waals surface area (Å²) < 4.78 is 18.7. The van der Waals surface area contributed by atoms with E-state index in [2.05, 4.69) is 20.4 Å². The van der Waals surface area contributed by atoms with Gasteiger partial charge in [-0.15, -0.1) is 0 Å². The van der Waals surface area contributed by atoms with Gasteiger partial charge < -0.3 is 15.0 Å². The minimum atomic E-state index is -0.281. The number of carbonyl (C=O) groups excluding carboxylic acids is 1. The fourth-order valence-corrected chi connectivity index (χ4v) is 3.06. The van der Waals surface area contributed by atoms with Crippen LogP contribution in [-0.4, -0.2) is 55.3 Å². The highest BCUT2D eigenvalue weighted by atomic mass is 19.1. The molecule has 1 heterocycles. The number of nitrogens with one attached hydrogen (secondary N) is 2. The second-order valence-electron chi connectivity index (χ2n) is 6.98. The number of fused-ring (bicyclic) bond motifs is 1. The van der Waals surface area contributed by atoms with Crippen LogP contribution in [0.4, 0.5) is 4.39 Å². The lowest BCUT2D eigenvalue weighted by Crippen LogP contribution is -2.27. The van der Waals surface area contributed by atoms with E-state index < -0.39 is 0 Å². The molecular formula is C22H25FN4O2. The van der Waals surface area contributed by atoms with E-state index in [4.69, 9.17) is 4.74 Å². The second-order valence-corrected chi connectivity index (χ2v) is 6.98. The first-order chi connectivity index (χ1) is 14.0. The van der Waals surface area contributed by atoms with Gasteiger partial charge in [0.05, 0.1) is 29.3 Å². The molecule has 2 aromatic carbocycles. The Bertz CT molecular complexity index is 1010. The Hall–Kier alpha value is -3.19. The van der Waals surface area contributed by atoms with Crippen LogP contribution in [0, 0.1) is 5.82 Å². The fourth-order valence-electron chi connectivity index (χ4n) is 3.06. The molecule has 3 rings (SSSR count). The van der Waals surface area contributed by atoms with Crippen LogP contribution in [0.5, 0.6) is 5.75 Å². The third-order valence-corrected chi connectivity index (χ3v) is 4.53. The summed E-state index contributed by atoms with van der Waals surface area (Å²) in [5.74, 6) is 0.00864. The first-order valence-electron chi connectivity index (χ1n) is 9.41. The lowest BCUT2D eigenvalue weighted by atomic mass is 10.1. The number of H-pyrrole nitrogens is 1. The van der Waals surface area contributed by atoms with E-state index in [9.17, 15) is 9.18 Å². The maximum absolute atomic E-state index is 13.1. The molecule has 7 heteroatoms. The van der Waals surface area contributed by atoms with Crippen LogP contribution < -0.4 is 10.1 Å². The molecule has 6 nitrogen and oxygen atoms in total. The number of hydrogen-bond donors (Lipinski definition) is 2. The van der Waals surface area contributed by atoms with Gasteiger partial charge in [-0.25, -0.2) is 4.39 Å². The second kappa shape index (κ2) is 9.34. The molecule has 0 saturated heterocycles. The molecule has 0 aliphatic carbocycles. The van der Waals surface area contributed by atoms with Gasteiger partial charge >= 0.3 is 0 Å². The average Bonchev–Trinajstić information content (AvgIpc) is 3.13. The largest absolute Gasteiger partial charge is 0.495 e. The summed E-state index contributed by atoms with van der Waals surface area (Å²) in [6, 6.07) is 9.70. The molecule has 0 fully saturated rings. The highest BCUT2D eigenvalue weighted by Gasteiger charge is 2.18. The predicted octanol–water partition coefficient (Wildman–Crippen LogP) is 3.56. The molecule has 29 heavy (non-hydrogen) atoms. The number of halogens is 1. The zero-order valence-electron chi connectivity index (χ0n) is 16.8. The monoisotopic (exact) mass is 396 g/mol. The van der Waals surface area contributed by atoms with Crippen molar-refractivity contribution in [1.29, 1.82) is 0 Å². The number of aromatic nitrogens is 2. The van der Waals surface area contributed by atoms with Crippen molar-refractivity contribution in [2.45, 2.75) is 6.42 Å². The summed E-state index contributed by atoms with van der Waals surface area (Å²) in [6.45, 7) is 1.48. The number of aromatic amines is 1. The Morgan fingerprint density at radius 1 is 1.21 bits per heavy atom. The molecule has 0 unspecified atom stereocenters. The number of amides is 1. The molecule has 0 aliphatic heterocycles. The van der Waals surface area contributed by atoms with Crippen LogP contribution in [-0.2, 0) is 0 Å². The zero-order chi connectivity index (χ0) is 20.8. The van der Waals surface area contributed by atoms with Crippen molar-refractivity contribution in [3.63, 3.8) is 0 Å². The highest BCUT2D eigenvalue weighted by molar-refractivity contribution is 6.05. The quantitative estimate of drug-likeness (QED) is 0.571. The summed E-state index contributed by atoms with van der Waals surface area (Å²) in [7, 11) is 5.54. The predicted molar refractivity (Wildman–Crippen MR) is 113 cm³/mol. The molecule has 0 aliphatic rings. The summed E-state index contributed by atoms with van der Waals surface area (Å²) >= 11 is 0. The fraction of sp³-hybridized carbons (Fsp3) is 0.273. The van der Waals surface area contributed by atoms with Gasteiger partial charge in [0.15, 0.2) is 0 Å². The molecular weight excluding hydrogens is 371 g/mol. The van der Waals surface area contributed by atoms with Gasteiger partial charge in [-0.1, -0.05) is 18.2 Å². The Kier molecular flexibility index (Phi) is 6.61. The molecule has 0 bridgehead atoms. The number of carbonyl (C=O) groups is 1. The lowest BCUT2D eigenvalue weighted by molar-refractivity contribution is 0.0949. The van der Waals surface area contributed by atoms with Crippen LogP contribution in [0.3, 0.4) is 0 Å². The van der Waals surface area contributed by atoms with Crippen LogP contribution in [0.15, 0.2) is 36.4 Å². The minimum absolute atomic E-state index is 0.183. The molecule has 1 aromatic heterocycles. The van der Waals surface area contributed by atoms with Crippen molar-refractivity contribution in [3.8, 4) is 5.75 Å². The number of hydrogen-bond acceptors (Lipinski definition) is 4. The molecule has 0 radical (unpaired) electrons. The Morgan fingerprint density at radius 3 is 2.66 bits per heavy atom. The van der Waals surface area contributed by atoms with Crippen LogP contribution in [0.1, 0.15) is 28.0 Å². The van der Waals surface area contributed by atoms with Crippen molar-refractivity contribution >= 4 is 29.0 Å². The smallest absolute Gasteiger partial charge is 0.255 e. The van der Waals surface area contributed by atoms with E-state index in [1.54, 1.807) is 24.3 Å². The number of methoxy groups -OCH3 is 1. The SMILES string of the molecule is COc1c(C(=O)NCCCN(C)C)ccc2n[nH]c(/C=C/c3ccc(F)cc3)c12. The maximum Gasteiger partial charge on any atom is 0.255 e. The third kappa shape index (κ3) is 5.00. The van der Waals surface area contributed by atoms with Crippen molar-refractivity contribution in [1.82, 2.24) is 20.4 Å². The zero-order valence-corrected chi connectivity index (χ0v) is 16.8. The van der Waals surface area contributed by atoms with E-state index in [1.807, 2.05) is 26.2 Å². The Balaban J connectivity index is 1.86. The van der Waals surface area contributed by atoms with Gasteiger partial charge in [0, 0.05) is 6.54 Å². The summed E-state index contributed by atoms with van der Waals surface area (Å²) in [5.41, 5.74) is 2.72. The molecule has 0 atom stereocenters. The Labute approximate surface area is 169 Å². The van der Waals surface area contributed by atoms with Crippen LogP contribution in [0.2, 0.25) is 0 Å². The van der Waals surface area contributed by atoms with Gasteiger partial charge in [0.1, 0.15) is 11.6 Å². The van der Waals surface area contributed by atoms with E-state index in [1.165, 1.54) is 19.2 Å². The first kappa shape index (κ1) is 20.5. The molecule has 0 spiro atoms. The van der Waals surface area contributed by atoms with Gasteiger partial charge in [-0.2, -0.15) is 5.10 Å². The lowest BCUT2D eigenvalue weighted by Gasteiger charge is -2.12. The van der Waals surface area contributed by atoms with Crippen molar-refractivity contribution in [2.75, 3.05) is 34.3 Å². The van der Waals surface area contributed by atoms with Gasteiger partial charge in [-0.05, 0) is 63.0 Å². The number of ether oxygens (including phenoxy) is 1. The molecule has 0 saturated carbocycles. The van der Waals surface area contributed by atoms with Crippen LogP contribution >= 0.6 is 0 Å². The number of nitrogens with zero attached hydrogens (tertiary/aromatic N) is 2. The van der Waals surface area contributed by atoms with Gasteiger partial charge in [0.25, 0.3) is 5.91 Å². The number of rotatable bonds is 8. The summed E-state index contributed by atoms with van der Waals surface area (Å²) in [5, 5.41) is 10.9. The normalized spacial score (nSPS) is 11.5. The van der Waals surface area contributed by atoms with Crippen LogP contribution in [0.25, 0.3) is 23.1 Å². The van der Waals surface area contributed by atoms with Gasteiger partial charge in [0.2, 0.25) is 0 Å². The average molecular weight is 396 g/mol. The summed E-state index contributed by atoms with van der Waals surface area (Å²) in [6.07, 6.45) is 4.55. The molecule has 152 valence electrons. The number of benzene rings is 2. The van der Waals surface area contributed by atoms with Crippen molar-refractivity contribution in [2.24, 2.45) is 0 Å². The third-order valence-electron chi connectivity index (χ3n) is 4.53. The summed E-state index contributed by atoms with van der Waals surface area (Å²) in [4.78, 5) is 14.7. The van der Waals surface area contributed by atoms with E-state index in [0.717, 1.165) is 23.9 Å². The van der Waals surface area contributed by atoms with E-state index in [0.29, 0.717) is 29.1 Å². The topological polar surface area (TPSA) is 70.2 Å². The first-order valence-corrected chi connectivity index (χ1v) is 9.41. The Morgan fingerprint density at radius 2 is 1.97 bits per heavy atom. The van der Waals surface area contributed by atoms with Crippen molar-refractivity contribution in [3.05, 3.63) is 59.0 Å². The van der Waals surface area contributed by atoms with Gasteiger partial charge in [-0.3, -0.25) is 9.89 Å². The molecule has 2 N–H and O–H groups in total. The van der Waals surface area contributed by atoms with E-state index in [-0.39, 0.29) is 11.7 Å².